The molecule has 86 valence electrons. The van der Waals surface area contributed by atoms with Gasteiger partial charge in [-0.05, 0) is 29.5 Å². The van der Waals surface area contributed by atoms with E-state index in [4.69, 9.17) is 11.2 Å². The summed E-state index contributed by atoms with van der Waals surface area (Å²) in [6.07, 6.45) is 7.53. The minimum atomic E-state index is 0.236. The summed E-state index contributed by atoms with van der Waals surface area (Å²) in [5.74, 6) is 3.30. The SMILES string of the molecule is C#CCOc1ccc(C(C)(C)CCC)cc1. The molecule has 1 rings (SSSR count). The molecule has 0 heterocycles. The van der Waals surface area contributed by atoms with Crippen molar-refractivity contribution in [2.24, 2.45) is 0 Å². The molecule has 1 heteroatoms. The summed E-state index contributed by atoms with van der Waals surface area (Å²) in [6.45, 7) is 7.09. The van der Waals surface area contributed by atoms with E-state index < -0.39 is 0 Å². The molecule has 0 unspecified atom stereocenters. The van der Waals surface area contributed by atoms with Crippen molar-refractivity contribution in [3.63, 3.8) is 0 Å². The van der Waals surface area contributed by atoms with Crippen molar-refractivity contribution in [3.05, 3.63) is 29.8 Å². The van der Waals surface area contributed by atoms with Crippen LogP contribution in [0.1, 0.15) is 39.2 Å². The third kappa shape index (κ3) is 3.31. The number of hydrogen-bond acceptors (Lipinski definition) is 1. The third-order valence-corrected chi connectivity index (χ3v) is 2.83. The zero-order chi connectivity index (χ0) is 12.0. The lowest BCUT2D eigenvalue weighted by Gasteiger charge is -2.24. The van der Waals surface area contributed by atoms with Gasteiger partial charge in [-0.25, -0.2) is 0 Å². The molecule has 0 amide bonds. The van der Waals surface area contributed by atoms with E-state index >= 15 is 0 Å². The third-order valence-electron chi connectivity index (χ3n) is 2.83. The summed E-state index contributed by atoms with van der Waals surface area (Å²) < 4.78 is 5.35. The second kappa shape index (κ2) is 5.61. The van der Waals surface area contributed by atoms with Crippen molar-refractivity contribution in [3.8, 4) is 18.1 Å². The molecule has 0 atom stereocenters. The lowest BCUT2D eigenvalue weighted by Crippen LogP contribution is -2.16. The highest BCUT2D eigenvalue weighted by molar-refractivity contribution is 5.31. The van der Waals surface area contributed by atoms with Crippen LogP contribution in [0.25, 0.3) is 0 Å². The number of benzene rings is 1. The molecule has 0 spiro atoms. The molecule has 1 aromatic carbocycles. The van der Waals surface area contributed by atoms with E-state index in [0.29, 0.717) is 6.61 Å². The summed E-state index contributed by atoms with van der Waals surface area (Å²) in [4.78, 5) is 0. The summed E-state index contributed by atoms with van der Waals surface area (Å²) >= 11 is 0. The molecule has 0 aliphatic heterocycles. The fourth-order valence-corrected chi connectivity index (χ4v) is 1.90. The van der Waals surface area contributed by atoms with Gasteiger partial charge in [0.25, 0.3) is 0 Å². The van der Waals surface area contributed by atoms with E-state index in [1.165, 1.54) is 18.4 Å². The molecule has 0 fully saturated rings. The molecule has 0 radical (unpaired) electrons. The van der Waals surface area contributed by atoms with Crippen LogP contribution in [-0.2, 0) is 5.41 Å². The van der Waals surface area contributed by atoms with E-state index in [2.05, 4.69) is 38.8 Å². The van der Waals surface area contributed by atoms with E-state index in [1.54, 1.807) is 0 Å². The highest BCUT2D eigenvalue weighted by Crippen LogP contribution is 2.29. The van der Waals surface area contributed by atoms with Crippen molar-refractivity contribution in [2.45, 2.75) is 39.0 Å². The minimum Gasteiger partial charge on any atom is -0.481 e. The molecule has 1 aromatic rings. The molecule has 0 aromatic heterocycles. The first kappa shape index (κ1) is 12.6. The topological polar surface area (TPSA) is 9.23 Å². The Morgan fingerprint density at radius 1 is 1.25 bits per heavy atom. The average Bonchev–Trinajstić information content (AvgIpc) is 2.27. The van der Waals surface area contributed by atoms with Crippen LogP contribution in [-0.4, -0.2) is 6.61 Å². The van der Waals surface area contributed by atoms with E-state index in [9.17, 15) is 0 Å². The smallest absolute Gasteiger partial charge is 0.148 e. The molecular formula is C15H20O. The summed E-state index contributed by atoms with van der Waals surface area (Å²) in [5.41, 5.74) is 1.58. The van der Waals surface area contributed by atoms with Gasteiger partial charge in [0.1, 0.15) is 12.4 Å². The van der Waals surface area contributed by atoms with Crippen LogP contribution in [0, 0.1) is 12.3 Å². The normalized spacial score (nSPS) is 10.9. The van der Waals surface area contributed by atoms with E-state index in [1.807, 2.05) is 12.1 Å². The molecule has 0 saturated carbocycles. The maximum atomic E-state index is 5.35. The van der Waals surface area contributed by atoms with Gasteiger partial charge < -0.3 is 4.74 Å². The first-order valence-corrected chi connectivity index (χ1v) is 5.77. The Hall–Kier alpha value is -1.42. The van der Waals surface area contributed by atoms with Crippen LogP contribution in [0.2, 0.25) is 0 Å². The maximum absolute atomic E-state index is 5.35. The Morgan fingerprint density at radius 3 is 2.38 bits per heavy atom. The van der Waals surface area contributed by atoms with Crippen molar-refractivity contribution in [1.82, 2.24) is 0 Å². The van der Waals surface area contributed by atoms with Gasteiger partial charge in [0.2, 0.25) is 0 Å². The Morgan fingerprint density at radius 2 is 1.88 bits per heavy atom. The lowest BCUT2D eigenvalue weighted by atomic mass is 9.81. The second-order valence-corrected chi connectivity index (χ2v) is 4.65. The van der Waals surface area contributed by atoms with Crippen molar-refractivity contribution in [1.29, 1.82) is 0 Å². The van der Waals surface area contributed by atoms with Crippen molar-refractivity contribution in [2.75, 3.05) is 6.61 Å². The monoisotopic (exact) mass is 216 g/mol. The second-order valence-electron chi connectivity index (χ2n) is 4.65. The van der Waals surface area contributed by atoms with Gasteiger partial charge in [-0.2, -0.15) is 0 Å². The van der Waals surface area contributed by atoms with Gasteiger partial charge >= 0.3 is 0 Å². The Bertz CT molecular complexity index is 354. The Balaban J connectivity index is 2.74. The number of ether oxygens (including phenoxy) is 1. The standard InChI is InChI=1S/C15H20O/c1-5-11-15(3,4)13-7-9-14(10-8-13)16-12-6-2/h2,7-10H,5,11-12H2,1,3-4H3. The quantitative estimate of drug-likeness (QED) is 0.681. The molecule has 0 bridgehead atoms. The molecule has 16 heavy (non-hydrogen) atoms. The molecule has 0 saturated heterocycles. The van der Waals surface area contributed by atoms with Gasteiger partial charge in [-0.1, -0.05) is 45.2 Å². The number of terminal acetylenes is 1. The zero-order valence-electron chi connectivity index (χ0n) is 10.4. The predicted molar refractivity (Wildman–Crippen MR) is 68.7 cm³/mol. The molecule has 1 nitrogen and oxygen atoms in total. The van der Waals surface area contributed by atoms with Crippen LogP contribution in [0.15, 0.2) is 24.3 Å². The first-order chi connectivity index (χ1) is 7.60. The fraction of sp³-hybridized carbons (Fsp3) is 0.467. The molecule has 0 aliphatic carbocycles. The van der Waals surface area contributed by atoms with Crippen LogP contribution in [0.4, 0.5) is 0 Å². The highest BCUT2D eigenvalue weighted by atomic mass is 16.5. The Kier molecular flexibility index (Phi) is 4.43. The summed E-state index contributed by atoms with van der Waals surface area (Å²) in [7, 11) is 0. The van der Waals surface area contributed by atoms with E-state index in [0.717, 1.165) is 5.75 Å². The minimum absolute atomic E-state index is 0.236. The maximum Gasteiger partial charge on any atom is 0.148 e. The van der Waals surface area contributed by atoms with Gasteiger partial charge in [-0.15, -0.1) is 6.42 Å². The van der Waals surface area contributed by atoms with Crippen LogP contribution in [0.5, 0.6) is 5.75 Å². The van der Waals surface area contributed by atoms with Crippen molar-refractivity contribution >= 4 is 0 Å². The molecule has 0 N–H and O–H groups in total. The molecular weight excluding hydrogens is 196 g/mol. The van der Waals surface area contributed by atoms with Gasteiger partial charge in [0.05, 0.1) is 0 Å². The Labute approximate surface area is 98.8 Å². The number of rotatable bonds is 5. The summed E-state index contributed by atoms with van der Waals surface area (Å²) in [5, 5.41) is 0. The molecule has 0 aliphatic rings. The van der Waals surface area contributed by atoms with Crippen LogP contribution < -0.4 is 4.74 Å². The van der Waals surface area contributed by atoms with Crippen LogP contribution in [0.3, 0.4) is 0 Å². The first-order valence-electron chi connectivity index (χ1n) is 5.77. The highest BCUT2D eigenvalue weighted by Gasteiger charge is 2.18. The predicted octanol–water partition coefficient (Wildman–Crippen LogP) is 3.78. The van der Waals surface area contributed by atoms with Crippen LogP contribution >= 0.6 is 0 Å². The largest absolute Gasteiger partial charge is 0.481 e. The lowest BCUT2D eigenvalue weighted by molar-refractivity contribution is 0.369. The number of hydrogen-bond donors (Lipinski definition) is 0. The zero-order valence-corrected chi connectivity index (χ0v) is 10.4. The summed E-state index contributed by atoms with van der Waals surface area (Å²) in [6, 6.07) is 8.23. The van der Waals surface area contributed by atoms with Crippen molar-refractivity contribution < 1.29 is 4.74 Å². The van der Waals surface area contributed by atoms with Gasteiger partial charge in [0.15, 0.2) is 0 Å². The fourth-order valence-electron chi connectivity index (χ4n) is 1.90. The van der Waals surface area contributed by atoms with Gasteiger partial charge in [-0.3, -0.25) is 0 Å². The average molecular weight is 216 g/mol. The van der Waals surface area contributed by atoms with Gasteiger partial charge in [0, 0.05) is 0 Å². The van der Waals surface area contributed by atoms with E-state index in [-0.39, 0.29) is 5.41 Å².